The van der Waals surface area contributed by atoms with Gasteiger partial charge in [0, 0.05) is 40.3 Å². The molecule has 1 atom stereocenters. The molecule has 0 spiro atoms. The highest BCUT2D eigenvalue weighted by Crippen LogP contribution is 2.43. The highest BCUT2D eigenvalue weighted by atomic mass is 35.5. The normalized spacial score (nSPS) is 12.4. The first-order chi connectivity index (χ1) is 15.6. The van der Waals surface area contributed by atoms with E-state index < -0.39 is 0 Å². The fourth-order valence-corrected chi connectivity index (χ4v) is 4.40. The summed E-state index contributed by atoms with van der Waals surface area (Å²) >= 11 is 12.3. The molecule has 7 heteroatoms. The predicted octanol–water partition coefficient (Wildman–Crippen LogP) is 6.74. The van der Waals surface area contributed by atoms with Gasteiger partial charge in [0.2, 0.25) is 5.43 Å². The van der Waals surface area contributed by atoms with E-state index in [1.165, 1.54) is 12.1 Å². The van der Waals surface area contributed by atoms with Gasteiger partial charge in [-0.3, -0.25) is 9.59 Å². The Bertz CT molecular complexity index is 1380. The van der Waals surface area contributed by atoms with E-state index in [4.69, 9.17) is 27.6 Å². The van der Waals surface area contributed by atoms with Crippen LogP contribution in [0.2, 0.25) is 10.0 Å². The molecule has 0 bridgehead atoms. The van der Waals surface area contributed by atoms with Crippen molar-refractivity contribution in [3.63, 3.8) is 0 Å². The van der Waals surface area contributed by atoms with Gasteiger partial charge in [-0.05, 0) is 49.1 Å². The zero-order valence-electron chi connectivity index (χ0n) is 18.4. The van der Waals surface area contributed by atoms with Crippen molar-refractivity contribution in [3.05, 3.63) is 74.4 Å². The number of benzene rings is 3. The molecule has 5 nitrogen and oxygen atoms in total. The maximum Gasteiger partial charge on any atom is 0.251 e. The quantitative estimate of drug-likeness (QED) is 0.308. The fourth-order valence-electron chi connectivity index (χ4n) is 4.07. The van der Waals surface area contributed by atoms with Crippen LogP contribution in [0.4, 0.5) is 0 Å². The maximum atomic E-state index is 12.6. The molecule has 0 saturated carbocycles. The second-order valence-electron chi connectivity index (χ2n) is 8.64. The molecule has 33 heavy (non-hydrogen) atoms. The summed E-state index contributed by atoms with van der Waals surface area (Å²) in [6.45, 7) is 6.23. The SMILES string of the molecule is CC(C)CC(C)NC(=O)c1ccc(-c2c3cc(Cl)c(=O)cc-3oc3cc(O)c(Cl)cc23)cc1. The Kier molecular flexibility index (Phi) is 6.37. The average molecular weight is 484 g/mol. The van der Waals surface area contributed by atoms with Crippen molar-refractivity contribution in [3.8, 4) is 28.2 Å². The summed E-state index contributed by atoms with van der Waals surface area (Å²) < 4.78 is 5.88. The molecule has 0 saturated heterocycles. The highest BCUT2D eigenvalue weighted by molar-refractivity contribution is 6.33. The number of fused-ring (bicyclic) bond motifs is 2. The first-order valence-electron chi connectivity index (χ1n) is 10.6. The molecule has 0 fully saturated rings. The van der Waals surface area contributed by atoms with Crippen molar-refractivity contribution in [1.82, 2.24) is 5.32 Å². The van der Waals surface area contributed by atoms with E-state index in [0.717, 1.165) is 17.5 Å². The van der Waals surface area contributed by atoms with Crippen molar-refractivity contribution in [1.29, 1.82) is 0 Å². The Labute approximate surface area is 201 Å². The van der Waals surface area contributed by atoms with Crippen LogP contribution in [0.3, 0.4) is 0 Å². The van der Waals surface area contributed by atoms with Crippen LogP contribution >= 0.6 is 23.2 Å². The van der Waals surface area contributed by atoms with E-state index >= 15 is 0 Å². The van der Waals surface area contributed by atoms with Crippen LogP contribution in [0.25, 0.3) is 33.4 Å². The summed E-state index contributed by atoms with van der Waals surface area (Å²) in [5.74, 6) is 0.551. The van der Waals surface area contributed by atoms with Gasteiger partial charge < -0.3 is 14.8 Å². The molecule has 0 radical (unpaired) electrons. The summed E-state index contributed by atoms with van der Waals surface area (Å²) in [5, 5.41) is 14.0. The number of nitrogens with one attached hydrogen (secondary N) is 1. The van der Waals surface area contributed by atoms with Gasteiger partial charge in [0.25, 0.3) is 5.91 Å². The smallest absolute Gasteiger partial charge is 0.251 e. The second-order valence-corrected chi connectivity index (χ2v) is 9.45. The zero-order chi connectivity index (χ0) is 23.9. The van der Waals surface area contributed by atoms with Crippen LogP contribution in [0.1, 0.15) is 37.6 Å². The third-order valence-corrected chi connectivity index (χ3v) is 6.08. The standard InChI is InChI=1S/C26H23Cl2NO4/c1-13(2)8-14(3)29-26(32)16-6-4-15(5-7-16)25-17-9-19(27)21(30)11-23(17)33-24-12-22(31)20(28)10-18(24)25/h4-7,9-14,30H,8H2,1-3H3,(H,29,32). The monoisotopic (exact) mass is 483 g/mol. The number of hydrogen-bond donors (Lipinski definition) is 2. The highest BCUT2D eigenvalue weighted by Gasteiger charge is 2.21. The Morgan fingerprint density at radius 2 is 1.73 bits per heavy atom. The molecule has 0 aromatic heterocycles. The largest absolute Gasteiger partial charge is 0.506 e. The van der Waals surface area contributed by atoms with Crippen molar-refractivity contribution >= 4 is 40.1 Å². The number of hydrogen-bond acceptors (Lipinski definition) is 4. The van der Waals surface area contributed by atoms with Gasteiger partial charge in [-0.2, -0.15) is 0 Å². The van der Waals surface area contributed by atoms with Crippen LogP contribution in [-0.4, -0.2) is 17.1 Å². The van der Waals surface area contributed by atoms with Gasteiger partial charge >= 0.3 is 0 Å². The average Bonchev–Trinajstić information content (AvgIpc) is 2.74. The number of amides is 1. The van der Waals surface area contributed by atoms with Crippen LogP contribution in [0.5, 0.6) is 5.75 Å². The van der Waals surface area contributed by atoms with E-state index in [1.54, 1.807) is 24.3 Å². The topological polar surface area (TPSA) is 79.5 Å². The summed E-state index contributed by atoms with van der Waals surface area (Å²) in [7, 11) is 0. The van der Waals surface area contributed by atoms with Gasteiger partial charge in [0.1, 0.15) is 17.1 Å². The van der Waals surface area contributed by atoms with Gasteiger partial charge in [0.15, 0.2) is 0 Å². The summed E-state index contributed by atoms with van der Waals surface area (Å²) in [4.78, 5) is 24.8. The first-order valence-corrected chi connectivity index (χ1v) is 11.4. The van der Waals surface area contributed by atoms with Gasteiger partial charge in [0.05, 0.1) is 10.0 Å². The van der Waals surface area contributed by atoms with E-state index in [9.17, 15) is 14.7 Å². The van der Waals surface area contributed by atoms with Crippen molar-refractivity contribution in [2.24, 2.45) is 5.92 Å². The molecule has 1 amide bonds. The first kappa shape index (κ1) is 23.1. The zero-order valence-corrected chi connectivity index (χ0v) is 19.9. The van der Waals surface area contributed by atoms with E-state index in [1.807, 2.05) is 19.1 Å². The van der Waals surface area contributed by atoms with Crippen molar-refractivity contribution in [2.75, 3.05) is 0 Å². The Balaban J connectivity index is 1.83. The molecule has 2 aromatic rings. The second kappa shape index (κ2) is 9.08. The molecule has 1 heterocycles. The maximum absolute atomic E-state index is 12.6. The predicted molar refractivity (Wildman–Crippen MR) is 133 cm³/mol. The number of halogens is 2. The molecular weight excluding hydrogens is 461 g/mol. The molecule has 2 aromatic carbocycles. The molecule has 1 aliphatic carbocycles. The third kappa shape index (κ3) is 4.70. The summed E-state index contributed by atoms with van der Waals surface area (Å²) in [6.07, 6.45) is 0.894. The van der Waals surface area contributed by atoms with E-state index in [2.05, 4.69) is 19.2 Å². The molecule has 1 aliphatic heterocycles. The third-order valence-electron chi connectivity index (χ3n) is 5.48. The molecule has 1 unspecified atom stereocenters. The van der Waals surface area contributed by atoms with Gasteiger partial charge in [-0.1, -0.05) is 49.2 Å². The minimum absolute atomic E-state index is 0.0679. The Hall–Kier alpha value is -3.02. The van der Waals surface area contributed by atoms with Crippen LogP contribution in [-0.2, 0) is 0 Å². The number of carbonyl (C=O) groups is 1. The van der Waals surface area contributed by atoms with Crippen LogP contribution in [0.15, 0.2) is 57.7 Å². The lowest BCUT2D eigenvalue weighted by molar-refractivity contribution is 0.0936. The van der Waals surface area contributed by atoms with Crippen LogP contribution in [0, 0.1) is 5.92 Å². The van der Waals surface area contributed by atoms with Crippen molar-refractivity contribution < 1.29 is 14.3 Å². The summed E-state index contributed by atoms with van der Waals surface area (Å²) in [5.41, 5.74) is 2.68. The molecular formula is C26H23Cl2NO4. The van der Waals surface area contributed by atoms with Gasteiger partial charge in [-0.25, -0.2) is 0 Å². The number of phenolic OH excluding ortho intramolecular Hbond substituents is 1. The Morgan fingerprint density at radius 1 is 1.03 bits per heavy atom. The van der Waals surface area contributed by atoms with Crippen LogP contribution < -0.4 is 10.7 Å². The fraction of sp³-hybridized carbons (Fsp3) is 0.231. The lowest BCUT2D eigenvalue weighted by Crippen LogP contribution is -2.33. The number of phenols is 1. The minimum Gasteiger partial charge on any atom is -0.506 e. The van der Waals surface area contributed by atoms with Gasteiger partial charge in [-0.15, -0.1) is 0 Å². The van der Waals surface area contributed by atoms with E-state index in [0.29, 0.717) is 33.8 Å². The number of rotatable bonds is 5. The van der Waals surface area contributed by atoms with Crippen molar-refractivity contribution in [2.45, 2.75) is 33.2 Å². The molecule has 2 N–H and O–H groups in total. The summed E-state index contributed by atoms with van der Waals surface area (Å²) in [6, 6.07) is 13.1. The minimum atomic E-state index is -0.362. The number of carbonyl (C=O) groups excluding carboxylic acids is 1. The number of aromatic hydroxyl groups is 1. The molecule has 4 rings (SSSR count). The lowest BCUT2D eigenvalue weighted by atomic mass is 9.93. The Morgan fingerprint density at radius 3 is 2.39 bits per heavy atom. The molecule has 2 aliphatic rings. The lowest BCUT2D eigenvalue weighted by Gasteiger charge is -2.17. The van der Waals surface area contributed by atoms with E-state index in [-0.39, 0.29) is 33.2 Å². The molecule has 170 valence electrons.